The Bertz CT molecular complexity index is 563. The van der Waals surface area contributed by atoms with E-state index in [9.17, 15) is 0 Å². The minimum Gasteiger partial charge on any atom is -0.489 e. The Morgan fingerprint density at radius 3 is 2.68 bits per heavy atom. The normalized spacial score (nSPS) is 10.1. The number of rotatable bonds is 5. The summed E-state index contributed by atoms with van der Waals surface area (Å²) in [6.45, 7) is 0. The van der Waals surface area contributed by atoms with Crippen molar-refractivity contribution in [2.45, 2.75) is 4.90 Å². The van der Waals surface area contributed by atoms with Gasteiger partial charge in [0.05, 0.1) is 7.11 Å². The molecule has 1 aromatic heterocycles. The zero-order chi connectivity index (χ0) is 13.7. The first kappa shape index (κ1) is 13.5. The van der Waals surface area contributed by atoms with Crippen LogP contribution in [0.15, 0.2) is 35.5 Å². The predicted molar refractivity (Wildman–Crippen MR) is 76.4 cm³/mol. The van der Waals surface area contributed by atoms with Gasteiger partial charge in [-0.1, -0.05) is 12.1 Å². The van der Waals surface area contributed by atoms with Crippen LogP contribution in [0.2, 0.25) is 0 Å². The van der Waals surface area contributed by atoms with Crippen LogP contribution >= 0.6 is 11.8 Å². The van der Waals surface area contributed by atoms with E-state index in [0.717, 1.165) is 10.6 Å². The second-order valence-corrected chi connectivity index (χ2v) is 4.41. The van der Waals surface area contributed by atoms with Crippen molar-refractivity contribution in [2.24, 2.45) is 0 Å². The van der Waals surface area contributed by atoms with Crippen LogP contribution in [0.4, 0.5) is 5.82 Å². The third kappa shape index (κ3) is 2.90. The number of aromatic nitrogens is 2. The Kier molecular flexibility index (Phi) is 4.46. The van der Waals surface area contributed by atoms with Crippen LogP contribution < -0.4 is 14.8 Å². The van der Waals surface area contributed by atoms with Gasteiger partial charge in [0.25, 0.3) is 5.88 Å². The van der Waals surface area contributed by atoms with E-state index in [-0.39, 0.29) is 0 Å². The lowest BCUT2D eigenvalue weighted by Gasteiger charge is -2.13. The monoisotopic (exact) mass is 277 g/mol. The molecule has 0 saturated carbocycles. The summed E-state index contributed by atoms with van der Waals surface area (Å²) in [5.74, 6) is 2.22. The van der Waals surface area contributed by atoms with E-state index < -0.39 is 0 Å². The summed E-state index contributed by atoms with van der Waals surface area (Å²) >= 11 is 1.61. The molecular weight excluding hydrogens is 262 g/mol. The van der Waals surface area contributed by atoms with Gasteiger partial charge in [0.2, 0.25) is 5.75 Å². The van der Waals surface area contributed by atoms with Crippen LogP contribution in [-0.4, -0.2) is 30.4 Å². The molecule has 0 aliphatic carbocycles. The number of nitrogens with zero attached hydrogens (tertiary/aromatic N) is 2. The van der Waals surface area contributed by atoms with Gasteiger partial charge in [-0.25, -0.2) is 4.98 Å². The topological polar surface area (TPSA) is 56.3 Å². The van der Waals surface area contributed by atoms with E-state index in [4.69, 9.17) is 9.47 Å². The molecule has 1 heterocycles. The molecule has 19 heavy (non-hydrogen) atoms. The Morgan fingerprint density at radius 2 is 2.00 bits per heavy atom. The van der Waals surface area contributed by atoms with Crippen LogP contribution in [0.25, 0.3) is 0 Å². The second kappa shape index (κ2) is 6.29. The maximum absolute atomic E-state index is 5.83. The summed E-state index contributed by atoms with van der Waals surface area (Å²) in [4.78, 5) is 9.24. The Labute approximate surface area is 116 Å². The summed E-state index contributed by atoms with van der Waals surface area (Å²) < 4.78 is 11.1. The van der Waals surface area contributed by atoms with Gasteiger partial charge in [0, 0.05) is 11.9 Å². The van der Waals surface area contributed by atoms with Gasteiger partial charge >= 0.3 is 0 Å². The van der Waals surface area contributed by atoms with E-state index >= 15 is 0 Å². The largest absolute Gasteiger partial charge is 0.489 e. The van der Waals surface area contributed by atoms with Crippen LogP contribution in [0.3, 0.4) is 0 Å². The number of hydrogen-bond acceptors (Lipinski definition) is 6. The van der Waals surface area contributed by atoms with E-state index in [1.807, 2.05) is 30.5 Å². The summed E-state index contributed by atoms with van der Waals surface area (Å²) in [5, 5.41) is 2.94. The minimum absolute atomic E-state index is 0.392. The highest BCUT2D eigenvalue weighted by atomic mass is 32.2. The SMILES string of the molecule is CNc1ncnc(Oc2ccccc2SC)c1OC. The molecule has 0 atom stereocenters. The molecule has 0 radical (unpaired) electrons. The molecule has 100 valence electrons. The summed E-state index contributed by atoms with van der Waals surface area (Å²) in [6, 6.07) is 7.77. The Morgan fingerprint density at radius 1 is 1.21 bits per heavy atom. The predicted octanol–water partition coefficient (Wildman–Crippen LogP) is 3.04. The molecule has 1 aromatic carbocycles. The van der Waals surface area contributed by atoms with Gasteiger partial charge in [-0.05, 0) is 18.4 Å². The average molecular weight is 277 g/mol. The molecule has 2 aromatic rings. The third-order valence-corrected chi connectivity index (χ3v) is 3.26. The molecule has 2 rings (SSSR count). The lowest BCUT2D eigenvalue weighted by atomic mass is 10.3. The molecule has 0 saturated heterocycles. The number of methoxy groups -OCH3 is 1. The van der Waals surface area contributed by atoms with Crippen molar-refractivity contribution in [1.82, 2.24) is 9.97 Å². The van der Waals surface area contributed by atoms with Gasteiger partial charge in [0.1, 0.15) is 12.1 Å². The number of benzene rings is 1. The van der Waals surface area contributed by atoms with Gasteiger partial charge in [-0.2, -0.15) is 4.98 Å². The van der Waals surface area contributed by atoms with Crippen LogP contribution in [0, 0.1) is 0 Å². The number of ether oxygens (including phenoxy) is 2. The van der Waals surface area contributed by atoms with Gasteiger partial charge in [-0.15, -0.1) is 11.8 Å². The van der Waals surface area contributed by atoms with Gasteiger partial charge < -0.3 is 14.8 Å². The van der Waals surface area contributed by atoms with Gasteiger partial charge in [-0.3, -0.25) is 0 Å². The fraction of sp³-hybridized carbons (Fsp3) is 0.231. The first-order chi connectivity index (χ1) is 9.30. The van der Waals surface area contributed by atoms with Crippen molar-refractivity contribution >= 4 is 17.6 Å². The molecule has 0 amide bonds. The smallest absolute Gasteiger partial charge is 0.268 e. The number of para-hydroxylation sites is 1. The fourth-order valence-corrected chi connectivity index (χ4v) is 2.13. The summed E-state index contributed by atoms with van der Waals surface area (Å²) in [5.41, 5.74) is 0. The third-order valence-electron chi connectivity index (χ3n) is 2.49. The van der Waals surface area contributed by atoms with Crippen molar-refractivity contribution < 1.29 is 9.47 Å². The van der Waals surface area contributed by atoms with Crippen molar-refractivity contribution in [1.29, 1.82) is 0 Å². The van der Waals surface area contributed by atoms with E-state index in [2.05, 4.69) is 15.3 Å². The lowest BCUT2D eigenvalue weighted by Crippen LogP contribution is -2.01. The molecule has 0 fully saturated rings. The van der Waals surface area contributed by atoms with Crippen LogP contribution in [-0.2, 0) is 0 Å². The Balaban J connectivity index is 2.38. The quantitative estimate of drug-likeness (QED) is 0.848. The highest BCUT2D eigenvalue weighted by Gasteiger charge is 2.14. The lowest BCUT2D eigenvalue weighted by molar-refractivity contribution is 0.366. The minimum atomic E-state index is 0.392. The number of anilines is 1. The van der Waals surface area contributed by atoms with Crippen molar-refractivity contribution in [3.8, 4) is 17.4 Å². The van der Waals surface area contributed by atoms with Gasteiger partial charge in [0.15, 0.2) is 5.82 Å². The summed E-state index contributed by atoms with van der Waals surface area (Å²) in [6.07, 6.45) is 3.43. The van der Waals surface area contributed by atoms with E-state index in [1.54, 1.807) is 25.9 Å². The molecule has 0 spiro atoms. The van der Waals surface area contributed by atoms with E-state index in [0.29, 0.717) is 17.4 Å². The van der Waals surface area contributed by atoms with Crippen molar-refractivity contribution in [3.63, 3.8) is 0 Å². The molecular formula is C13H15N3O2S. The first-order valence-corrected chi connectivity index (χ1v) is 6.90. The maximum atomic E-state index is 5.83. The molecule has 6 heteroatoms. The van der Waals surface area contributed by atoms with Crippen molar-refractivity contribution in [3.05, 3.63) is 30.6 Å². The second-order valence-electron chi connectivity index (χ2n) is 3.56. The highest BCUT2D eigenvalue weighted by Crippen LogP contribution is 2.37. The highest BCUT2D eigenvalue weighted by molar-refractivity contribution is 7.98. The zero-order valence-electron chi connectivity index (χ0n) is 11.0. The zero-order valence-corrected chi connectivity index (χ0v) is 11.8. The number of nitrogens with one attached hydrogen (secondary N) is 1. The summed E-state index contributed by atoms with van der Waals surface area (Å²) in [7, 11) is 3.33. The molecule has 1 N–H and O–H groups in total. The van der Waals surface area contributed by atoms with E-state index in [1.165, 1.54) is 6.33 Å². The molecule has 0 aliphatic rings. The van der Waals surface area contributed by atoms with Crippen LogP contribution in [0.1, 0.15) is 0 Å². The molecule has 5 nitrogen and oxygen atoms in total. The number of thioether (sulfide) groups is 1. The molecule has 0 aliphatic heterocycles. The average Bonchev–Trinajstić information content (AvgIpc) is 2.47. The van der Waals surface area contributed by atoms with Crippen molar-refractivity contribution in [2.75, 3.05) is 25.7 Å². The molecule has 0 unspecified atom stereocenters. The number of hydrogen-bond donors (Lipinski definition) is 1. The standard InChI is InChI=1S/C13H15N3O2S/c1-14-12-11(17-2)13(16-8-15-12)18-9-6-4-5-7-10(9)19-3/h4-8H,1-3H3,(H,14,15,16). The van der Waals surface area contributed by atoms with Crippen LogP contribution in [0.5, 0.6) is 17.4 Å². The molecule has 0 bridgehead atoms. The first-order valence-electron chi connectivity index (χ1n) is 5.67. The Hall–Kier alpha value is -1.95. The fourth-order valence-electron chi connectivity index (χ4n) is 1.60. The maximum Gasteiger partial charge on any atom is 0.268 e.